The molecular formula is C13H26N2O. The average Bonchev–Trinajstić information content (AvgIpc) is 2.32. The minimum atomic E-state index is 0.412. The highest BCUT2D eigenvalue weighted by molar-refractivity contribution is 4.93. The number of ether oxygens (including phenoxy) is 1. The molecule has 1 saturated heterocycles. The Morgan fingerprint density at radius 1 is 1.19 bits per heavy atom. The van der Waals surface area contributed by atoms with Gasteiger partial charge < -0.3 is 4.74 Å². The van der Waals surface area contributed by atoms with E-state index in [-0.39, 0.29) is 0 Å². The molecule has 0 bridgehead atoms. The summed E-state index contributed by atoms with van der Waals surface area (Å²) in [7, 11) is 0. The van der Waals surface area contributed by atoms with Crippen LogP contribution in [0, 0.1) is 11.3 Å². The van der Waals surface area contributed by atoms with Gasteiger partial charge in [-0.25, -0.2) is 0 Å². The summed E-state index contributed by atoms with van der Waals surface area (Å²) in [5.74, 6) is 6.54. The highest BCUT2D eigenvalue weighted by Crippen LogP contribution is 2.42. The van der Waals surface area contributed by atoms with E-state index in [1.807, 2.05) is 0 Å². The Bertz CT molecular complexity index is 208. The van der Waals surface area contributed by atoms with Gasteiger partial charge in [-0.2, -0.15) is 0 Å². The summed E-state index contributed by atoms with van der Waals surface area (Å²) in [6, 6.07) is 0.483. The molecule has 2 aliphatic rings. The van der Waals surface area contributed by atoms with E-state index in [2.05, 4.69) is 12.3 Å². The molecule has 2 fully saturated rings. The second-order valence-corrected chi connectivity index (χ2v) is 5.81. The molecule has 1 unspecified atom stereocenters. The Kier molecular flexibility index (Phi) is 4.22. The molecule has 0 aromatic heterocycles. The Labute approximate surface area is 99.1 Å². The van der Waals surface area contributed by atoms with Gasteiger partial charge in [0.15, 0.2) is 0 Å². The zero-order chi connectivity index (χ0) is 11.4. The molecule has 1 aliphatic carbocycles. The van der Waals surface area contributed by atoms with E-state index < -0.39 is 0 Å². The number of rotatable bonds is 3. The summed E-state index contributed by atoms with van der Waals surface area (Å²) in [6.45, 7) is 4.25. The smallest absolute Gasteiger partial charge is 0.0469 e. The van der Waals surface area contributed by atoms with Gasteiger partial charge in [-0.3, -0.25) is 11.3 Å². The largest absolute Gasteiger partial charge is 0.381 e. The van der Waals surface area contributed by atoms with Gasteiger partial charge in [0.1, 0.15) is 0 Å². The fourth-order valence-corrected chi connectivity index (χ4v) is 3.63. The minimum Gasteiger partial charge on any atom is -0.381 e. The van der Waals surface area contributed by atoms with Crippen LogP contribution in [0.1, 0.15) is 51.9 Å². The fourth-order valence-electron chi connectivity index (χ4n) is 3.63. The summed E-state index contributed by atoms with van der Waals surface area (Å²) in [6.07, 6.45) is 9.16. The second kappa shape index (κ2) is 5.48. The molecule has 2 rings (SSSR count). The van der Waals surface area contributed by atoms with Crippen molar-refractivity contribution in [2.24, 2.45) is 17.2 Å². The van der Waals surface area contributed by atoms with Gasteiger partial charge in [0, 0.05) is 19.3 Å². The summed E-state index contributed by atoms with van der Waals surface area (Å²) < 4.78 is 5.45. The molecule has 0 aromatic rings. The number of hydrogen-bond acceptors (Lipinski definition) is 3. The lowest BCUT2D eigenvalue weighted by Crippen LogP contribution is -2.53. The lowest BCUT2D eigenvalue weighted by Gasteiger charge is -2.45. The molecule has 0 radical (unpaired) electrons. The van der Waals surface area contributed by atoms with E-state index in [1.54, 1.807) is 0 Å². The Hall–Kier alpha value is -0.120. The highest BCUT2D eigenvalue weighted by atomic mass is 16.5. The van der Waals surface area contributed by atoms with E-state index in [1.165, 1.54) is 44.9 Å². The first-order chi connectivity index (χ1) is 7.76. The standard InChI is InChI=1S/C13H26N2O/c1-13(7-3-2-4-8-13)12(15-14)11-5-9-16-10-6-11/h11-12,15H,2-10,14H2,1H3. The average molecular weight is 226 g/mol. The van der Waals surface area contributed by atoms with Crippen molar-refractivity contribution in [3.8, 4) is 0 Å². The molecule has 3 nitrogen and oxygen atoms in total. The third-order valence-electron chi connectivity index (χ3n) is 4.66. The van der Waals surface area contributed by atoms with Gasteiger partial charge >= 0.3 is 0 Å². The SMILES string of the molecule is CC1(C(NN)C2CCOCC2)CCCCC1. The Morgan fingerprint density at radius 3 is 2.38 bits per heavy atom. The van der Waals surface area contributed by atoms with Gasteiger partial charge in [0.25, 0.3) is 0 Å². The number of hydrogen-bond donors (Lipinski definition) is 2. The molecule has 94 valence electrons. The van der Waals surface area contributed by atoms with Crippen LogP contribution in [0.3, 0.4) is 0 Å². The first-order valence-corrected chi connectivity index (χ1v) is 6.80. The second-order valence-electron chi connectivity index (χ2n) is 5.81. The van der Waals surface area contributed by atoms with Crippen LogP contribution in [0.4, 0.5) is 0 Å². The van der Waals surface area contributed by atoms with Crippen LogP contribution in [-0.2, 0) is 4.74 Å². The number of hydrazine groups is 1. The van der Waals surface area contributed by atoms with Crippen molar-refractivity contribution in [1.82, 2.24) is 5.43 Å². The lowest BCUT2D eigenvalue weighted by molar-refractivity contribution is 0.0168. The van der Waals surface area contributed by atoms with Crippen LogP contribution in [0.5, 0.6) is 0 Å². The molecule has 3 heteroatoms. The first-order valence-electron chi connectivity index (χ1n) is 6.80. The van der Waals surface area contributed by atoms with Crippen LogP contribution in [0.15, 0.2) is 0 Å². The van der Waals surface area contributed by atoms with Crippen molar-refractivity contribution in [3.05, 3.63) is 0 Å². The molecule has 3 N–H and O–H groups in total. The van der Waals surface area contributed by atoms with Crippen molar-refractivity contribution in [3.63, 3.8) is 0 Å². The van der Waals surface area contributed by atoms with Gasteiger partial charge in [-0.05, 0) is 37.0 Å². The Morgan fingerprint density at radius 2 is 1.81 bits per heavy atom. The van der Waals surface area contributed by atoms with Crippen molar-refractivity contribution in [2.45, 2.75) is 57.9 Å². The first kappa shape index (κ1) is 12.3. The van der Waals surface area contributed by atoms with E-state index in [9.17, 15) is 0 Å². The van der Waals surface area contributed by atoms with Gasteiger partial charge in [-0.15, -0.1) is 0 Å². The minimum absolute atomic E-state index is 0.412. The zero-order valence-corrected chi connectivity index (χ0v) is 10.5. The van der Waals surface area contributed by atoms with Crippen molar-refractivity contribution in [1.29, 1.82) is 0 Å². The van der Waals surface area contributed by atoms with Gasteiger partial charge in [0.05, 0.1) is 0 Å². The van der Waals surface area contributed by atoms with Gasteiger partial charge in [0.2, 0.25) is 0 Å². The quantitative estimate of drug-likeness (QED) is 0.573. The highest BCUT2D eigenvalue weighted by Gasteiger charge is 2.39. The van der Waals surface area contributed by atoms with E-state index in [0.717, 1.165) is 13.2 Å². The van der Waals surface area contributed by atoms with Crippen molar-refractivity contribution >= 4 is 0 Å². The molecule has 0 spiro atoms. The van der Waals surface area contributed by atoms with Crippen LogP contribution in [0.2, 0.25) is 0 Å². The molecule has 1 aliphatic heterocycles. The normalized spacial score (nSPS) is 28.9. The fraction of sp³-hybridized carbons (Fsp3) is 1.00. The molecule has 16 heavy (non-hydrogen) atoms. The number of nitrogens with one attached hydrogen (secondary N) is 1. The van der Waals surface area contributed by atoms with Crippen molar-refractivity contribution in [2.75, 3.05) is 13.2 Å². The Balaban J connectivity index is 2.01. The van der Waals surface area contributed by atoms with Crippen molar-refractivity contribution < 1.29 is 4.74 Å². The van der Waals surface area contributed by atoms with Crippen LogP contribution >= 0.6 is 0 Å². The molecule has 0 aromatic carbocycles. The maximum absolute atomic E-state index is 5.83. The zero-order valence-electron chi connectivity index (χ0n) is 10.5. The van der Waals surface area contributed by atoms with Crippen LogP contribution < -0.4 is 11.3 Å². The maximum atomic E-state index is 5.83. The summed E-state index contributed by atoms with van der Waals surface area (Å²) in [5, 5.41) is 0. The summed E-state index contributed by atoms with van der Waals surface area (Å²) in [5.41, 5.74) is 3.54. The number of nitrogens with two attached hydrogens (primary N) is 1. The topological polar surface area (TPSA) is 47.3 Å². The predicted octanol–water partition coefficient (Wildman–Crippen LogP) is 2.22. The molecule has 1 saturated carbocycles. The van der Waals surface area contributed by atoms with Crippen LogP contribution in [-0.4, -0.2) is 19.3 Å². The van der Waals surface area contributed by atoms with Crippen LogP contribution in [0.25, 0.3) is 0 Å². The van der Waals surface area contributed by atoms with E-state index in [0.29, 0.717) is 17.4 Å². The maximum Gasteiger partial charge on any atom is 0.0469 e. The molecule has 1 heterocycles. The third-order valence-corrected chi connectivity index (χ3v) is 4.66. The lowest BCUT2D eigenvalue weighted by atomic mass is 9.66. The molecule has 1 atom stereocenters. The van der Waals surface area contributed by atoms with E-state index >= 15 is 0 Å². The third kappa shape index (κ3) is 2.58. The molecule has 0 amide bonds. The monoisotopic (exact) mass is 226 g/mol. The predicted molar refractivity (Wildman–Crippen MR) is 65.8 cm³/mol. The summed E-state index contributed by atoms with van der Waals surface area (Å²) in [4.78, 5) is 0. The summed E-state index contributed by atoms with van der Waals surface area (Å²) >= 11 is 0. The molecular weight excluding hydrogens is 200 g/mol. The van der Waals surface area contributed by atoms with Gasteiger partial charge in [-0.1, -0.05) is 26.2 Å². The van der Waals surface area contributed by atoms with E-state index in [4.69, 9.17) is 10.6 Å².